The molecule has 8 heteroatoms. The van der Waals surface area contributed by atoms with Crippen molar-refractivity contribution < 1.29 is 14.3 Å². The number of anilines is 1. The molecule has 2 N–H and O–H groups in total. The Balaban J connectivity index is 0.00000320. The number of nitrogens with one attached hydrogen (secondary N) is 2. The molecule has 2 aromatic rings. The largest absolute Gasteiger partial charge is 0.493 e. The van der Waals surface area contributed by atoms with Gasteiger partial charge in [-0.3, -0.25) is 9.79 Å². The summed E-state index contributed by atoms with van der Waals surface area (Å²) in [6.45, 7) is 1.60. The Morgan fingerprint density at radius 2 is 1.87 bits per heavy atom. The molecule has 7 nitrogen and oxygen atoms in total. The molecule has 0 aromatic heterocycles. The molecule has 0 fully saturated rings. The summed E-state index contributed by atoms with van der Waals surface area (Å²) in [5.41, 5.74) is 3.35. The summed E-state index contributed by atoms with van der Waals surface area (Å²) in [7, 11) is 4.94. The zero-order valence-electron chi connectivity index (χ0n) is 17.6. The number of guanidine groups is 1. The predicted molar refractivity (Wildman–Crippen MR) is 131 cm³/mol. The van der Waals surface area contributed by atoms with E-state index < -0.39 is 0 Å². The number of carbonyl (C=O) groups excluding carboxylic acids is 1. The first-order valence-corrected chi connectivity index (χ1v) is 9.70. The van der Waals surface area contributed by atoms with Crippen LogP contribution in [0.4, 0.5) is 5.69 Å². The van der Waals surface area contributed by atoms with Gasteiger partial charge in [0, 0.05) is 25.8 Å². The van der Waals surface area contributed by atoms with Crippen molar-refractivity contribution in [3.63, 3.8) is 0 Å². The van der Waals surface area contributed by atoms with Crippen LogP contribution in [0.1, 0.15) is 11.1 Å². The molecule has 0 aliphatic carbocycles. The fourth-order valence-electron chi connectivity index (χ4n) is 3.43. The lowest BCUT2D eigenvalue weighted by Gasteiger charge is -2.19. The van der Waals surface area contributed by atoms with Gasteiger partial charge in [0.1, 0.15) is 0 Å². The lowest BCUT2D eigenvalue weighted by molar-refractivity contribution is -0.117. The third-order valence-corrected chi connectivity index (χ3v) is 4.97. The van der Waals surface area contributed by atoms with Crippen LogP contribution in [0.3, 0.4) is 0 Å². The van der Waals surface area contributed by atoms with Crippen molar-refractivity contribution >= 4 is 41.5 Å². The van der Waals surface area contributed by atoms with Gasteiger partial charge in [-0.2, -0.15) is 0 Å². The number of aliphatic imine (C=N–C) groups is 1. The average Bonchev–Trinajstić information content (AvgIpc) is 3.20. The van der Waals surface area contributed by atoms with Gasteiger partial charge in [-0.05, 0) is 42.2 Å². The first-order valence-electron chi connectivity index (χ1n) is 9.70. The Bertz CT molecular complexity index is 888. The van der Waals surface area contributed by atoms with Gasteiger partial charge in [0.25, 0.3) is 0 Å². The van der Waals surface area contributed by atoms with Gasteiger partial charge >= 0.3 is 0 Å². The number of halogens is 1. The first kappa shape index (κ1) is 23.8. The van der Waals surface area contributed by atoms with Crippen LogP contribution in [0, 0.1) is 0 Å². The molecule has 3 rings (SSSR count). The van der Waals surface area contributed by atoms with Gasteiger partial charge in [0.2, 0.25) is 5.91 Å². The minimum atomic E-state index is 0. The second-order valence-corrected chi connectivity index (χ2v) is 6.72. The van der Waals surface area contributed by atoms with Crippen molar-refractivity contribution in [3.8, 4) is 11.5 Å². The molecule has 0 unspecified atom stereocenters. The van der Waals surface area contributed by atoms with E-state index in [2.05, 4.69) is 21.7 Å². The fourth-order valence-corrected chi connectivity index (χ4v) is 3.43. The number of nitrogens with zero attached hydrogens (tertiary/aromatic N) is 2. The van der Waals surface area contributed by atoms with Crippen LogP contribution in [0.2, 0.25) is 0 Å². The molecule has 0 bridgehead atoms. The second kappa shape index (κ2) is 11.6. The van der Waals surface area contributed by atoms with E-state index in [1.807, 2.05) is 41.3 Å². The fraction of sp³-hybridized carbons (Fsp3) is 0.364. The van der Waals surface area contributed by atoms with Gasteiger partial charge in [-0.1, -0.05) is 24.3 Å². The van der Waals surface area contributed by atoms with Gasteiger partial charge in [0.15, 0.2) is 17.5 Å². The number of benzene rings is 2. The third kappa shape index (κ3) is 5.78. The molecule has 0 saturated carbocycles. The van der Waals surface area contributed by atoms with E-state index in [9.17, 15) is 4.79 Å². The van der Waals surface area contributed by atoms with Crippen LogP contribution in [-0.4, -0.2) is 52.8 Å². The summed E-state index contributed by atoms with van der Waals surface area (Å²) in [6.07, 6.45) is 1.69. The van der Waals surface area contributed by atoms with Crippen molar-refractivity contribution in [2.45, 2.75) is 12.8 Å². The van der Waals surface area contributed by atoms with Crippen molar-refractivity contribution in [1.82, 2.24) is 10.6 Å². The Hall–Kier alpha value is -2.49. The molecule has 0 saturated heterocycles. The minimum Gasteiger partial charge on any atom is -0.493 e. The highest BCUT2D eigenvalue weighted by molar-refractivity contribution is 14.0. The summed E-state index contributed by atoms with van der Waals surface area (Å²) < 4.78 is 10.6. The van der Waals surface area contributed by atoms with Crippen molar-refractivity contribution in [1.29, 1.82) is 0 Å². The van der Waals surface area contributed by atoms with Gasteiger partial charge < -0.3 is 25.0 Å². The van der Waals surface area contributed by atoms with E-state index in [0.717, 1.165) is 30.6 Å². The predicted octanol–water partition coefficient (Wildman–Crippen LogP) is 2.62. The number of hydrogen-bond acceptors (Lipinski definition) is 4. The number of fused-ring (bicyclic) bond motifs is 1. The number of ether oxygens (including phenoxy) is 2. The number of amides is 1. The summed E-state index contributed by atoms with van der Waals surface area (Å²) in [6, 6.07) is 13.9. The molecule has 30 heavy (non-hydrogen) atoms. The van der Waals surface area contributed by atoms with Gasteiger partial charge in [-0.15, -0.1) is 24.0 Å². The van der Waals surface area contributed by atoms with Crippen LogP contribution in [-0.2, 0) is 17.6 Å². The molecule has 2 aromatic carbocycles. The van der Waals surface area contributed by atoms with Crippen molar-refractivity contribution in [2.24, 2.45) is 4.99 Å². The normalized spacial score (nSPS) is 12.6. The lowest BCUT2D eigenvalue weighted by Crippen LogP contribution is -2.44. The molecule has 0 radical (unpaired) electrons. The summed E-state index contributed by atoms with van der Waals surface area (Å²) in [4.78, 5) is 18.6. The highest BCUT2D eigenvalue weighted by Gasteiger charge is 2.23. The third-order valence-electron chi connectivity index (χ3n) is 4.97. The lowest BCUT2D eigenvalue weighted by atomic mass is 10.1. The maximum atomic E-state index is 12.6. The molecule has 1 aliphatic heterocycles. The van der Waals surface area contributed by atoms with E-state index in [1.54, 1.807) is 21.3 Å². The van der Waals surface area contributed by atoms with E-state index in [-0.39, 0.29) is 36.4 Å². The SMILES string of the molecule is CN=C(NCCc1ccc(OC)c(OC)c1)NCC(=O)N1CCc2ccccc21.I. The van der Waals surface area contributed by atoms with Crippen LogP contribution in [0.15, 0.2) is 47.5 Å². The van der Waals surface area contributed by atoms with Crippen LogP contribution >= 0.6 is 24.0 Å². The summed E-state index contributed by atoms with van der Waals surface area (Å²) in [5, 5.41) is 6.35. The Kier molecular flexibility index (Phi) is 9.22. The van der Waals surface area contributed by atoms with Gasteiger partial charge in [-0.25, -0.2) is 0 Å². The molecule has 1 amide bonds. The van der Waals surface area contributed by atoms with E-state index in [4.69, 9.17) is 9.47 Å². The first-order chi connectivity index (χ1) is 14.2. The average molecular weight is 524 g/mol. The van der Waals surface area contributed by atoms with E-state index in [0.29, 0.717) is 24.0 Å². The number of methoxy groups -OCH3 is 2. The maximum absolute atomic E-state index is 12.6. The summed E-state index contributed by atoms with van der Waals surface area (Å²) >= 11 is 0. The Morgan fingerprint density at radius 1 is 1.10 bits per heavy atom. The standard InChI is InChI=1S/C22H28N4O3.HI/c1-23-22(24-12-10-16-8-9-19(28-2)20(14-16)29-3)25-15-21(27)26-13-11-17-6-4-5-7-18(17)26;/h4-9,14H,10-13,15H2,1-3H3,(H2,23,24,25);1H. The molecular weight excluding hydrogens is 495 g/mol. The molecule has 0 atom stereocenters. The zero-order chi connectivity index (χ0) is 20.6. The van der Waals surface area contributed by atoms with Crippen LogP contribution in [0.5, 0.6) is 11.5 Å². The van der Waals surface area contributed by atoms with Crippen LogP contribution in [0.25, 0.3) is 0 Å². The number of hydrogen-bond donors (Lipinski definition) is 2. The molecular formula is C22H29IN4O3. The highest BCUT2D eigenvalue weighted by Crippen LogP contribution is 2.28. The number of rotatable bonds is 7. The van der Waals surface area contributed by atoms with E-state index in [1.165, 1.54) is 5.56 Å². The van der Waals surface area contributed by atoms with Crippen LogP contribution < -0.4 is 25.0 Å². The number of carbonyl (C=O) groups is 1. The summed E-state index contributed by atoms with van der Waals surface area (Å²) in [5.74, 6) is 2.07. The monoisotopic (exact) mass is 524 g/mol. The molecule has 0 spiro atoms. The second-order valence-electron chi connectivity index (χ2n) is 6.72. The quantitative estimate of drug-likeness (QED) is 0.331. The maximum Gasteiger partial charge on any atom is 0.246 e. The minimum absolute atomic E-state index is 0. The van der Waals surface area contributed by atoms with Crippen molar-refractivity contribution in [2.75, 3.05) is 45.8 Å². The van der Waals surface area contributed by atoms with E-state index >= 15 is 0 Å². The van der Waals surface area contributed by atoms with Crippen molar-refractivity contribution in [3.05, 3.63) is 53.6 Å². The smallest absolute Gasteiger partial charge is 0.246 e. The number of para-hydroxylation sites is 1. The Morgan fingerprint density at radius 3 is 2.60 bits per heavy atom. The molecule has 1 aliphatic rings. The topological polar surface area (TPSA) is 75.2 Å². The zero-order valence-corrected chi connectivity index (χ0v) is 19.9. The van der Waals surface area contributed by atoms with Gasteiger partial charge in [0.05, 0.1) is 20.8 Å². The highest BCUT2D eigenvalue weighted by atomic mass is 127. The Labute approximate surface area is 194 Å². The molecule has 162 valence electrons. The molecule has 1 heterocycles.